The van der Waals surface area contributed by atoms with Gasteiger partial charge in [-0.2, -0.15) is 0 Å². The predicted octanol–water partition coefficient (Wildman–Crippen LogP) is 2.84. The highest BCUT2D eigenvalue weighted by molar-refractivity contribution is 5.77. The number of rotatable bonds is 3. The largest absolute Gasteiger partial charge is 0.309 e. The lowest BCUT2D eigenvalue weighted by atomic mass is 9.78. The Morgan fingerprint density at radius 3 is 2.95 bits per heavy atom. The number of fused-ring (bicyclic) bond motifs is 1. The smallest absolute Gasteiger partial charge is 0.258 e. The highest BCUT2D eigenvalue weighted by Crippen LogP contribution is 2.29. The van der Waals surface area contributed by atoms with E-state index in [1.807, 2.05) is 24.3 Å². The first-order valence-electron chi connectivity index (χ1n) is 7.86. The van der Waals surface area contributed by atoms with Gasteiger partial charge in [0.15, 0.2) is 0 Å². The van der Waals surface area contributed by atoms with Crippen molar-refractivity contribution in [2.45, 2.75) is 45.7 Å². The summed E-state index contributed by atoms with van der Waals surface area (Å²) in [6.45, 7) is 5.27. The summed E-state index contributed by atoms with van der Waals surface area (Å²) in [5.74, 6) is 2.16. The van der Waals surface area contributed by atoms with Gasteiger partial charge in [-0.05, 0) is 30.4 Å². The molecule has 0 saturated heterocycles. The quantitative estimate of drug-likeness (QED) is 0.911. The summed E-state index contributed by atoms with van der Waals surface area (Å²) in [7, 11) is 0. The second kappa shape index (κ2) is 5.98. The van der Waals surface area contributed by atoms with Crippen molar-refractivity contribution in [2.24, 2.45) is 11.8 Å². The van der Waals surface area contributed by atoms with Gasteiger partial charge in [0.05, 0.1) is 17.4 Å². The molecule has 0 bridgehead atoms. The van der Waals surface area contributed by atoms with Crippen LogP contribution in [-0.2, 0) is 6.54 Å². The predicted molar refractivity (Wildman–Crippen MR) is 85.2 cm³/mol. The summed E-state index contributed by atoms with van der Waals surface area (Å²) in [6.07, 6.45) is 3.82. The molecular formula is C17H23N3O. The zero-order valence-corrected chi connectivity index (χ0v) is 12.7. The number of nitrogens with one attached hydrogen (secondary N) is 2. The molecule has 3 rings (SSSR count). The van der Waals surface area contributed by atoms with Crippen LogP contribution in [0.25, 0.3) is 10.9 Å². The van der Waals surface area contributed by atoms with Crippen molar-refractivity contribution in [3.05, 3.63) is 40.4 Å². The molecule has 3 atom stereocenters. The van der Waals surface area contributed by atoms with Crippen LogP contribution in [0.3, 0.4) is 0 Å². The van der Waals surface area contributed by atoms with Crippen molar-refractivity contribution in [3.63, 3.8) is 0 Å². The van der Waals surface area contributed by atoms with Crippen LogP contribution >= 0.6 is 0 Å². The molecule has 0 amide bonds. The normalized spacial score (nSPS) is 26.1. The van der Waals surface area contributed by atoms with E-state index in [1.54, 1.807) is 0 Å². The minimum Gasteiger partial charge on any atom is -0.309 e. The molecule has 0 radical (unpaired) electrons. The molecule has 1 aromatic heterocycles. The maximum absolute atomic E-state index is 12.0. The zero-order chi connectivity index (χ0) is 14.8. The second-order valence-electron chi connectivity index (χ2n) is 6.28. The zero-order valence-electron chi connectivity index (χ0n) is 12.7. The molecule has 1 heterocycles. The Labute approximate surface area is 125 Å². The van der Waals surface area contributed by atoms with Crippen LogP contribution in [0, 0.1) is 11.8 Å². The summed E-state index contributed by atoms with van der Waals surface area (Å²) in [4.78, 5) is 19.5. The summed E-state index contributed by atoms with van der Waals surface area (Å²) in [5.41, 5.74) is 0.713. The van der Waals surface area contributed by atoms with Gasteiger partial charge in [-0.15, -0.1) is 0 Å². The maximum atomic E-state index is 12.0. The fraction of sp³-hybridized carbons (Fsp3) is 0.529. The van der Waals surface area contributed by atoms with E-state index in [-0.39, 0.29) is 5.56 Å². The Bertz CT molecular complexity index is 679. The molecule has 4 heteroatoms. The number of nitrogens with zero attached hydrogens (tertiary/aromatic N) is 1. The highest BCUT2D eigenvalue weighted by Gasteiger charge is 2.26. The van der Waals surface area contributed by atoms with Crippen LogP contribution in [0.4, 0.5) is 0 Å². The van der Waals surface area contributed by atoms with Crippen LogP contribution in [0.2, 0.25) is 0 Å². The maximum Gasteiger partial charge on any atom is 0.258 e. The second-order valence-corrected chi connectivity index (χ2v) is 6.28. The lowest BCUT2D eigenvalue weighted by Gasteiger charge is -2.34. The number of H-pyrrole nitrogens is 1. The van der Waals surface area contributed by atoms with E-state index in [0.717, 1.165) is 17.3 Å². The number of para-hydroxylation sites is 1. The van der Waals surface area contributed by atoms with E-state index in [4.69, 9.17) is 0 Å². The number of hydrogen-bond acceptors (Lipinski definition) is 3. The van der Waals surface area contributed by atoms with E-state index < -0.39 is 0 Å². The average Bonchev–Trinajstić information content (AvgIpc) is 2.49. The summed E-state index contributed by atoms with van der Waals surface area (Å²) in [6, 6.07) is 7.99. The molecule has 112 valence electrons. The Kier molecular flexibility index (Phi) is 4.06. The monoisotopic (exact) mass is 285 g/mol. The van der Waals surface area contributed by atoms with Crippen molar-refractivity contribution in [2.75, 3.05) is 0 Å². The van der Waals surface area contributed by atoms with Crippen molar-refractivity contribution in [3.8, 4) is 0 Å². The summed E-state index contributed by atoms with van der Waals surface area (Å²) < 4.78 is 0. The van der Waals surface area contributed by atoms with Crippen LogP contribution in [0.15, 0.2) is 29.1 Å². The molecule has 1 saturated carbocycles. The Morgan fingerprint density at radius 1 is 1.29 bits per heavy atom. The van der Waals surface area contributed by atoms with E-state index in [1.165, 1.54) is 19.3 Å². The Hall–Kier alpha value is -1.68. The fourth-order valence-electron chi connectivity index (χ4n) is 3.32. The molecule has 2 N–H and O–H groups in total. The molecule has 3 unspecified atom stereocenters. The van der Waals surface area contributed by atoms with E-state index >= 15 is 0 Å². The first-order valence-corrected chi connectivity index (χ1v) is 7.86. The van der Waals surface area contributed by atoms with Crippen LogP contribution in [0.5, 0.6) is 0 Å². The lowest BCUT2D eigenvalue weighted by molar-refractivity contribution is 0.205. The van der Waals surface area contributed by atoms with Gasteiger partial charge >= 0.3 is 0 Å². The van der Waals surface area contributed by atoms with Crippen LogP contribution < -0.4 is 10.9 Å². The van der Waals surface area contributed by atoms with E-state index in [2.05, 4.69) is 29.1 Å². The lowest BCUT2D eigenvalue weighted by Crippen LogP contribution is -2.40. The standard InChI is InChI=1S/C17H23N3O/c1-11-6-5-9-14(12(11)2)18-10-16-19-15-8-4-3-7-13(15)17(21)20-16/h3-4,7-8,11-12,14,18H,5-6,9-10H2,1-2H3,(H,19,20,21). The molecular weight excluding hydrogens is 262 g/mol. The van der Waals surface area contributed by atoms with Gasteiger partial charge < -0.3 is 10.3 Å². The Morgan fingerprint density at radius 2 is 2.10 bits per heavy atom. The average molecular weight is 285 g/mol. The van der Waals surface area contributed by atoms with Gasteiger partial charge in [-0.3, -0.25) is 4.79 Å². The number of aromatic nitrogens is 2. The van der Waals surface area contributed by atoms with Crippen molar-refractivity contribution in [1.29, 1.82) is 0 Å². The van der Waals surface area contributed by atoms with Gasteiger partial charge in [0.1, 0.15) is 5.82 Å². The third-order valence-corrected chi connectivity index (χ3v) is 4.90. The van der Waals surface area contributed by atoms with Crippen molar-refractivity contribution in [1.82, 2.24) is 15.3 Å². The third-order valence-electron chi connectivity index (χ3n) is 4.90. The fourth-order valence-corrected chi connectivity index (χ4v) is 3.32. The van der Waals surface area contributed by atoms with E-state index in [9.17, 15) is 4.79 Å². The molecule has 0 aliphatic heterocycles. The van der Waals surface area contributed by atoms with E-state index in [0.29, 0.717) is 23.9 Å². The minimum atomic E-state index is -0.0533. The molecule has 4 nitrogen and oxygen atoms in total. The number of benzene rings is 1. The van der Waals surface area contributed by atoms with Gasteiger partial charge in [-0.1, -0.05) is 38.8 Å². The van der Waals surface area contributed by atoms with Gasteiger partial charge in [0.2, 0.25) is 0 Å². The van der Waals surface area contributed by atoms with Gasteiger partial charge in [0, 0.05) is 6.04 Å². The molecule has 1 aromatic carbocycles. The number of hydrogen-bond donors (Lipinski definition) is 2. The van der Waals surface area contributed by atoms with Crippen LogP contribution in [0.1, 0.15) is 38.9 Å². The first kappa shape index (κ1) is 14.3. The summed E-state index contributed by atoms with van der Waals surface area (Å²) in [5, 5.41) is 4.23. The molecule has 1 fully saturated rings. The molecule has 21 heavy (non-hydrogen) atoms. The molecule has 1 aliphatic rings. The minimum absolute atomic E-state index is 0.0533. The van der Waals surface area contributed by atoms with Crippen molar-refractivity contribution >= 4 is 10.9 Å². The SMILES string of the molecule is CC1CCCC(NCc2nc3ccccc3c(=O)[nH]2)C1C. The van der Waals surface area contributed by atoms with Gasteiger partial charge in [0.25, 0.3) is 5.56 Å². The summed E-state index contributed by atoms with van der Waals surface area (Å²) >= 11 is 0. The topological polar surface area (TPSA) is 57.8 Å². The Balaban J connectivity index is 1.75. The first-order chi connectivity index (χ1) is 10.1. The van der Waals surface area contributed by atoms with Crippen molar-refractivity contribution < 1.29 is 0 Å². The molecule has 0 spiro atoms. The van der Waals surface area contributed by atoms with Crippen LogP contribution in [-0.4, -0.2) is 16.0 Å². The third kappa shape index (κ3) is 3.00. The van der Waals surface area contributed by atoms with Gasteiger partial charge in [-0.25, -0.2) is 4.98 Å². The molecule has 2 aromatic rings. The highest BCUT2D eigenvalue weighted by atomic mass is 16.1. The molecule has 1 aliphatic carbocycles. The number of aromatic amines is 1.